The van der Waals surface area contributed by atoms with E-state index < -0.39 is 0 Å². The van der Waals surface area contributed by atoms with Crippen LogP contribution in [0.25, 0.3) is 10.9 Å². The lowest BCUT2D eigenvalue weighted by molar-refractivity contribution is -0.122. The van der Waals surface area contributed by atoms with Crippen molar-refractivity contribution in [2.24, 2.45) is 5.84 Å². The molecule has 4 rings (SSSR count). The molecule has 6 nitrogen and oxygen atoms in total. The number of benzene rings is 2. The van der Waals surface area contributed by atoms with E-state index in [1.54, 1.807) is 0 Å². The van der Waals surface area contributed by atoms with E-state index in [1.165, 1.54) is 11.3 Å². The van der Waals surface area contributed by atoms with Crippen molar-refractivity contribution in [2.75, 3.05) is 13.2 Å². The maximum absolute atomic E-state index is 12.8. The molecule has 0 saturated carbocycles. The molecule has 1 amide bonds. The van der Waals surface area contributed by atoms with Gasteiger partial charge in [-0.15, -0.1) is 0 Å². The van der Waals surface area contributed by atoms with Gasteiger partial charge in [-0.1, -0.05) is 43.7 Å². The van der Waals surface area contributed by atoms with Crippen molar-refractivity contribution in [3.63, 3.8) is 0 Å². The second kappa shape index (κ2) is 11.4. The van der Waals surface area contributed by atoms with E-state index in [0.717, 1.165) is 79.5 Å². The Morgan fingerprint density at radius 1 is 1.15 bits per heavy atom. The van der Waals surface area contributed by atoms with Crippen molar-refractivity contribution in [3.8, 4) is 11.5 Å². The summed E-state index contributed by atoms with van der Waals surface area (Å²) in [5.41, 5.74) is 7.13. The Bertz CT molecular complexity index is 1110. The highest BCUT2D eigenvalue weighted by atomic mass is 16.5. The third kappa shape index (κ3) is 5.07. The first-order valence-electron chi connectivity index (χ1n) is 12.7. The molecule has 3 aromatic rings. The van der Waals surface area contributed by atoms with Gasteiger partial charge in [0, 0.05) is 29.8 Å². The number of carbonyl (C=O) groups is 1. The zero-order valence-corrected chi connectivity index (χ0v) is 20.4. The summed E-state index contributed by atoms with van der Waals surface area (Å²) in [6, 6.07) is 14.6. The Labute approximate surface area is 202 Å². The highest BCUT2D eigenvalue weighted by Crippen LogP contribution is 2.45. The molecule has 0 saturated heterocycles. The maximum Gasteiger partial charge on any atom is 0.241 e. The fourth-order valence-corrected chi connectivity index (χ4v) is 5.16. The van der Waals surface area contributed by atoms with Crippen molar-refractivity contribution < 1.29 is 14.3 Å². The second-order valence-corrected chi connectivity index (χ2v) is 9.01. The molecule has 182 valence electrons. The minimum absolute atomic E-state index is 0.126. The van der Waals surface area contributed by atoms with E-state index in [1.807, 2.05) is 19.1 Å². The molecule has 1 heterocycles. The maximum atomic E-state index is 12.8. The molecular weight excluding hydrogens is 426 g/mol. The standard InChI is InChI=1S/C28H37N3O3/c1-3-5-16-31-23-15-9-14-22(28(32)30-29)26(23)27-24(31)18-21(33-4-2)19-25(27)34-17-10-13-20-11-7-6-8-12-20/h6-8,11-12,18-19,22H,3-5,9-10,13-17,29H2,1-2H3,(H,30,32). The Morgan fingerprint density at radius 2 is 1.97 bits per heavy atom. The van der Waals surface area contributed by atoms with Crippen LogP contribution in [0.5, 0.6) is 11.5 Å². The molecule has 0 bridgehead atoms. The van der Waals surface area contributed by atoms with Crippen molar-refractivity contribution >= 4 is 16.8 Å². The molecule has 1 aliphatic carbocycles. The minimum Gasteiger partial charge on any atom is -0.494 e. The van der Waals surface area contributed by atoms with Crippen LogP contribution in [-0.2, 0) is 24.2 Å². The molecular formula is C28H37N3O3. The lowest BCUT2D eigenvalue weighted by atomic mass is 9.84. The van der Waals surface area contributed by atoms with Crippen LogP contribution in [-0.4, -0.2) is 23.7 Å². The molecule has 1 unspecified atom stereocenters. The molecule has 2 aromatic carbocycles. The van der Waals surface area contributed by atoms with E-state index in [2.05, 4.69) is 47.2 Å². The quantitative estimate of drug-likeness (QED) is 0.176. The van der Waals surface area contributed by atoms with E-state index in [9.17, 15) is 4.79 Å². The fraction of sp³-hybridized carbons (Fsp3) is 0.464. The van der Waals surface area contributed by atoms with E-state index in [0.29, 0.717) is 13.2 Å². The summed E-state index contributed by atoms with van der Waals surface area (Å²) in [6.45, 7) is 6.31. The number of ether oxygens (including phenoxy) is 2. The van der Waals surface area contributed by atoms with E-state index in [-0.39, 0.29) is 11.8 Å². The Hall–Kier alpha value is -2.99. The average molecular weight is 464 g/mol. The summed E-state index contributed by atoms with van der Waals surface area (Å²) < 4.78 is 14.7. The van der Waals surface area contributed by atoms with Gasteiger partial charge in [0.1, 0.15) is 11.5 Å². The summed E-state index contributed by atoms with van der Waals surface area (Å²) in [5.74, 6) is 6.81. The summed E-state index contributed by atoms with van der Waals surface area (Å²) >= 11 is 0. The Morgan fingerprint density at radius 3 is 2.71 bits per heavy atom. The number of unbranched alkanes of at least 4 members (excludes halogenated alkanes) is 1. The van der Waals surface area contributed by atoms with Gasteiger partial charge in [-0.2, -0.15) is 0 Å². The van der Waals surface area contributed by atoms with Crippen molar-refractivity contribution in [1.82, 2.24) is 9.99 Å². The predicted molar refractivity (Wildman–Crippen MR) is 136 cm³/mol. The molecule has 1 aromatic heterocycles. The van der Waals surface area contributed by atoms with Gasteiger partial charge in [-0.05, 0) is 56.6 Å². The number of aromatic nitrogens is 1. The minimum atomic E-state index is -0.260. The van der Waals surface area contributed by atoms with Crippen LogP contribution in [0, 0.1) is 0 Å². The summed E-state index contributed by atoms with van der Waals surface area (Å²) in [5, 5.41) is 1.04. The molecule has 0 fully saturated rings. The summed E-state index contributed by atoms with van der Waals surface area (Å²) in [7, 11) is 0. The summed E-state index contributed by atoms with van der Waals surface area (Å²) in [4.78, 5) is 12.8. The van der Waals surface area contributed by atoms with Gasteiger partial charge in [0.05, 0.1) is 24.6 Å². The second-order valence-electron chi connectivity index (χ2n) is 9.01. The van der Waals surface area contributed by atoms with Gasteiger partial charge >= 0.3 is 0 Å². The number of hydrogen-bond acceptors (Lipinski definition) is 4. The van der Waals surface area contributed by atoms with Crippen LogP contribution >= 0.6 is 0 Å². The number of nitrogens with two attached hydrogens (primary N) is 1. The van der Waals surface area contributed by atoms with Gasteiger partial charge in [0.2, 0.25) is 5.91 Å². The van der Waals surface area contributed by atoms with Gasteiger partial charge in [0.25, 0.3) is 0 Å². The third-order valence-corrected chi connectivity index (χ3v) is 6.72. The van der Waals surface area contributed by atoms with Crippen LogP contribution in [0.2, 0.25) is 0 Å². The lowest BCUT2D eigenvalue weighted by Gasteiger charge is -2.23. The van der Waals surface area contributed by atoms with Gasteiger partial charge in [0.15, 0.2) is 0 Å². The van der Waals surface area contributed by atoms with Crippen molar-refractivity contribution in [1.29, 1.82) is 0 Å². The first kappa shape index (κ1) is 24.1. The average Bonchev–Trinajstić information content (AvgIpc) is 3.19. The summed E-state index contributed by atoms with van der Waals surface area (Å²) in [6.07, 6.45) is 6.78. The lowest BCUT2D eigenvalue weighted by Crippen LogP contribution is -2.36. The number of nitrogens with zero attached hydrogens (tertiary/aromatic N) is 1. The predicted octanol–water partition coefficient (Wildman–Crippen LogP) is 5.26. The number of hydrazine groups is 1. The first-order valence-corrected chi connectivity index (χ1v) is 12.7. The number of amides is 1. The van der Waals surface area contributed by atoms with Crippen LogP contribution in [0.1, 0.15) is 68.7 Å². The highest BCUT2D eigenvalue weighted by Gasteiger charge is 2.33. The van der Waals surface area contributed by atoms with E-state index in [4.69, 9.17) is 15.3 Å². The number of carbonyl (C=O) groups excluding carboxylic acids is 1. The molecule has 6 heteroatoms. The number of fused-ring (bicyclic) bond motifs is 3. The SMILES string of the molecule is CCCCn1c2c(c3c(OCCCc4ccccc4)cc(OCC)cc31)C(C(=O)NN)CCC2. The van der Waals surface area contributed by atoms with Gasteiger partial charge < -0.3 is 14.0 Å². The van der Waals surface area contributed by atoms with Crippen LogP contribution in [0.4, 0.5) is 0 Å². The monoisotopic (exact) mass is 463 g/mol. The fourth-order valence-electron chi connectivity index (χ4n) is 5.16. The number of hydrogen-bond donors (Lipinski definition) is 2. The zero-order valence-electron chi connectivity index (χ0n) is 20.4. The van der Waals surface area contributed by atoms with Gasteiger partial charge in [-0.3, -0.25) is 10.2 Å². The normalized spacial score (nSPS) is 15.2. The highest BCUT2D eigenvalue weighted by molar-refractivity contribution is 5.98. The largest absolute Gasteiger partial charge is 0.494 e. The molecule has 34 heavy (non-hydrogen) atoms. The zero-order chi connectivity index (χ0) is 23.9. The van der Waals surface area contributed by atoms with Crippen molar-refractivity contribution in [2.45, 2.75) is 71.3 Å². The number of nitrogens with one attached hydrogen (secondary N) is 1. The molecule has 0 radical (unpaired) electrons. The molecule has 0 spiro atoms. The van der Waals surface area contributed by atoms with E-state index >= 15 is 0 Å². The number of aryl methyl sites for hydroxylation is 2. The van der Waals surface area contributed by atoms with Crippen molar-refractivity contribution in [3.05, 3.63) is 59.3 Å². The topological polar surface area (TPSA) is 78.5 Å². The Balaban J connectivity index is 1.74. The third-order valence-electron chi connectivity index (χ3n) is 6.72. The molecule has 1 atom stereocenters. The molecule has 3 N–H and O–H groups in total. The first-order chi connectivity index (χ1) is 16.7. The van der Waals surface area contributed by atoms with Crippen LogP contribution in [0.15, 0.2) is 42.5 Å². The van der Waals surface area contributed by atoms with Crippen LogP contribution < -0.4 is 20.7 Å². The smallest absolute Gasteiger partial charge is 0.241 e. The van der Waals surface area contributed by atoms with Crippen LogP contribution in [0.3, 0.4) is 0 Å². The van der Waals surface area contributed by atoms with Gasteiger partial charge in [-0.25, -0.2) is 5.84 Å². The Kier molecular flexibility index (Phi) is 8.12. The number of rotatable bonds is 11. The molecule has 0 aliphatic heterocycles. The molecule has 1 aliphatic rings.